The Kier molecular flexibility index (Phi) is 24.8. The summed E-state index contributed by atoms with van der Waals surface area (Å²) in [6.07, 6.45) is 11.6. The lowest BCUT2D eigenvalue weighted by Gasteiger charge is -2.36. The summed E-state index contributed by atoms with van der Waals surface area (Å²) in [7, 11) is 0. The Morgan fingerprint density at radius 2 is 0.975 bits per heavy atom. The quantitative estimate of drug-likeness (QED) is 0.0325. The maximum atomic E-state index is 14.0. The van der Waals surface area contributed by atoms with Crippen molar-refractivity contribution in [1.29, 1.82) is 0 Å². The largest absolute Gasteiger partial charge is 0.484 e. The van der Waals surface area contributed by atoms with Crippen molar-refractivity contribution in [2.75, 3.05) is 39.4 Å². The van der Waals surface area contributed by atoms with E-state index in [0.29, 0.717) is 99.7 Å². The van der Waals surface area contributed by atoms with Crippen LogP contribution in [0.5, 0.6) is 11.5 Å². The van der Waals surface area contributed by atoms with Gasteiger partial charge in [0.2, 0.25) is 11.6 Å². The van der Waals surface area contributed by atoms with E-state index < -0.39 is 82.3 Å². The van der Waals surface area contributed by atoms with Crippen molar-refractivity contribution >= 4 is 47.1 Å². The van der Waals surface area contributed by atoms with Gasteiger partial charge in [0, 0.05) is 61.8 Å². The Balaban J connectivity index is 0.00000581. The molecule has 4 atom stereocenters. The molecule has 4 aromatic rings. The topological polar surface area (TPSA) is 230 Å². The predicted octanol–water partition coefficient (Wildman–Crippen LogP) is 8.40. The first-order valence-corrected chi connectivity index (χ1v) is 28.3. The summed E-state index contributed by atoms with van der Waals surface area (Å²) in [4.78, 5) is 118. The van der Waals surface area contributed by atoms with Crippen LogP contribution in [-0.2, 0) is 60.7 Å². The zero-order valence-corrected chi connectivity index (χ0v) is 48.0. The Labute approximate surface area is 471 Å². The third kappa shape index (κ3) is 18.5. The van der Waals surface area contributed by atoms with Crippen LogP contribution in [0.3, 0.4) is 0 Å². The highest BCUT2D eigenvalue weighted by atomic mass is 16.6. The molecule has 0 saturated carbocycles. The Bertz CT molecular complexity index is 2520. The number of hydrogen-bond acceptors (Lipinski definition) is 14. The van der Waals surface area contributed by atoms with Gasteiger partial charge >= 0.3 is 11.9 Å². The van der Waals surface area contributed by atoms with Crippen LogP contribution in [0, 0.1) is 10.8 Å². The number of aromatic nitrogens is 2. The molecular formula is C62H82N6O12. The second kappa shape index (κ2) is 31.3. The van der Waals surface area contributed by atoms with Gasteiger partial charge in [0.05, 0.1) is 0 Å². The van der Waals surface area contributed by atoms with Crippen LogP contribution >= 0.6 is 0 Å². The highest BCUT2D eigenvalue weighted by Crippen LogP contribution is 2.33. The molecule has 6 rings (SSSR count). The Morgan fingerprint density at radius 1 is 0.575 bits per heavy atom. The smallest absolute Gasteiger partial charge is 0.329 e. The number of ketones is 2. The summed E-state index contributed by atoms with van der Waals surface area (Å²) in [6.45, 7) is 14.7. The number of likely N-dealkylation sites (tertiary alicyclic amines) is 2. The van der Waals surface area contributed by atoms with E-state index in [2.05, 4.69) is 20.6 Å². The summed E-state index contributed by atoms with van der Waals surface area (Å²) in [5.74, 6) is -3.78. The number of esters is 2. The third-order valence-electron chi connectivity index (χ3n) is 14.8. The molecule has 0 bridgehead atoms. The van der Waals surface area contributed by atoms with Crippen LogP contribution in [0.4, 0.5) is 0 Å². The number of Topliss-reactive ketones (excluding diaryl/α,β-unsaturated/α-hetero) is 2. The second-order valence-corrected chi connectivity index (χ2v) is 21.2. The number of rotatable bonds is 27. The van der Waals surface area contributed by atoms with Crippen LogP contribution in [0.15, 0.2) is 97.6 Å². The zero-order chi connectivity index (χ0) is 58.2. The zero-order valence-electron chi connectivity index (χ0n) is 48.0. The van der Waals surface area contributed by atoms with Gasteiger partial charge in [0.1, 0.15) is 35.8 Å². The third-order valence-corrected chi connectivity index (χ3v) is 14.8. The molecule has 2 aliphatic rings. The van der Waals surface area contributed by atoms with E-state index in [1.807, 2.05) is 52.0 Å². The average molecular weight is 1100 g/mol. The summed E-state index contributed by atoms with van der Waals surface area (Å²) >= 11 is 0. The molecule has 2 saturated heterocycles. The van der Waals surface area contributed by atoms with E-state index in [9.17, 15) is 38.4 Å². The molecule has 0 radical (unpaired) electrons. The minimum Gasteiger partial charge on any atom is -0.484 e. The summed E-state index contributed by atoms with van der Waals surface area (Å²) in [5.41, 5.74) is 1.37. The van der Waals surface area contributed by atoms with E-state index in [-0.39, 0.29) is 39.4 Å². The number of nitrogens with one attached hydrogen (secondary N) is 2. The predicted molar refractivity (Wildman–Crippen MR) is 301 cm³/mol. The van der Waals surface area contributed by atoms with Crippen LogP contribution in [0.1, 0.15) is 154 Å². The van der Waals surface area contributed by atoms with Gasteiger partial charge in [-0.2, -0.15) is 0 Å². The molecule has 2 aromatic carbocycles. The van der Waals surface area contributed by atoms with Crippen molar-refractivity contribution in [2.24, 2.45) is 10.8 Å². The molecule has 2 unspecified atom stereocenters. The van der Waals surface area contributed by atoms with Crippen molar-refractivity contribution < 1.29 is 57.3 Å². The van der Waals surface area contributed by atoms with Crippen molar-refractivity contribution in [1.82, 2.24) is 30.4 Å². The summed E-state index contributed by atoms with van der Waals surface area (Å²) < 4.78 is 24.1. The van der Waals surface area contributed by atoms with Gasteiger partial charge in [0.15, 0.2) is 13.2 Å². The van der Waals surface area contributed by atoms with Crippen molar-refractivity contribution in [3.05, 3.63) is 120 Å². The van der Waals surface area contributed by atoms with Crippen molar-refractivity contribution in [3.63, 3.8) is 0 Å². The number of carbonyl (C=O) groups excluding carboxylic acids is 8. The molecule has 4 heterocycles. The van der Waals surface area contributed by atoms with Gasteiger partial charge in [-0.3, -0.25) is 38.7 Å². The number of carbonyl (C=O) groups is 8. The van der Waals surface area contributed by atoms with E-state index >= 15 is 0 Å². The molecule has 18 heteroatoms. The molecular weight excluding hydrogens is 1020 g/mol. The van der Waals surface area contributed by atoms with Gasteiger partial charge in [-0.25, -0.2) is 9.59 Å². The van der Waals surface area contributed by atoms with Crippen LogP contribution < -0.4 is 20.1 Å². The number of amides is 4. The van der Waals surface area contributed by atoms with Gasteiger partial charge in [-0.15, -0.1) is 0 Å². The second-order valence-electron chi connectivity index (χ2n) is 21.2. The van der Waals surface area contributed by atoms with E-state index in [0.717, 1.165) is 11.1 Å². The lowest BCUT2D eigenvalue weighted by Crippen LogP contribution is -2.53. The van der Waals surface area contributed by atoms with E-state index in [1.165, 1.54) is 9.80 Å². The van der Waals surface area contributed by atoms with E-state index in [1.54, 1.807) is 101 Å². The van der Waals surface area contributed by atoms with Gasteiger partial charge in [-0.05, 0) is 136 Å². The lowest BCUT2D eigenvalue weighted by molar-refractivity contribution is -0.165. The molecule has 2 aromatic heterocycles. The van der Waals surface area contributed by atoms with Gasteiger partial charge in [-0.1, -0.05) is 91.8 Å². The average Bonchev–Trinajstić information content (AvgIpc) is 3.49. The van der Waals surface area contributed by atoms with Gasteiger partial charge in [0.25, 0.3) is 23.6 Å². The minimum absolute atomic E-state index is 0.0938. The number of hydrogen-bond donors (Lipinski definition) is 2. The Hall–Kier alpha value is -7.50. The number of piperidine rings is 2. The van der Waals surface area contributed by atoms with Crippen LogP contribution in [0.25, 0.3) is 0 Å². The number of pyridine rings is 2. The molecule has 2 aliphatic heterocycles. The minimum atomic E-state index is -0.910. The molecule has 432 valence electrons. The fraction of sp³-hybridized carbons (Fsp3) is 0.516. The number of nitrogens with zero attached hydrogens (tertiary/aromatic N) is 4. The molecule has 18 nitrogen and oxygen atoms in total. The van der Waals surface area contributed by atoms with Crippen LogP contribution in [-0.4, -0.2) is 118 Å². The maximum Gasteiger partial charge on any atom is 0.329 e. The first-order chi connectivity index (χ1) is 38.4. The monoisotopic (exact) mass is 1100 g/mol. The fourth-order valence-electron chi connectivity index (χ4n) is 9.13. The molecule has 4 amide bonds. The molecule has 0 aliphatic carbocycles. The first-order valence-electron chi connectivity index (χ1n) is 28.3. The summed E-state index contributed by atoms with van der Waals surface area (Å²) in [6, 6.07) is 19.5. The number of aryl methyl sites for hydroxylation is 2. The fourth-order valence-corrected chi connectivity index (χ4v) is 9.13. The highest BCUT2D eigenvalue weighted by Gasteiger charge is 2.43. The molecule has 2 N–H and O–H groups in total. The molecule has 80 heavy (non-hydrogen) atoms. The standard InChI is InChI=1S/C60H76N6O12.C2H6/c1-7-59(3,4)53(69)55(71)65-33-11-9-23-47(65)57(73)77-49(27-25-41-17-15-29-61-37-41)43-19-13-21-45(35-43)75-39-51(67)63-31-32-64-52(68)40-76-46-22-14-20-44(36-46)50(28-26-42-18-16-30-62-38-42)78-58(74)48-24-10-12-34-66(48)56(72)54(70)60(5,6)8-2;1-2/h13-22,29-30,35-38,47-50H,7-12,23-28,31-34,39-40H2,1-6H3,(H,63,67)(H,64,68);1-2H3/t47-,48?,49?,50+;/m0./s1. The number of ether oxygens (including phenoxy) is 4. The lowest BCUT2D eigenvalue weighted by atomic mass is 9.84. The SMILES string of the molecule is CC.CCC(C)(C)C(=O)C(=O)N1CCCCC1C(=O)O[C@H](CCc1cccnc1)c1cccc(OCC(=O)NCCNC(=O)COc2cccc(C(CCc3cccnc3)OC(=O)[C@@H]3CCCCN3C(=O)C(=O)C(C)(C)CC)c2)c1. The summed E-state index contributed by atoms with van der Waals surface area (Å²) in [5, 5.41) is 5.45. The Morgan fingerprint density at radius 3 is 1.34 bits per heavy atom. The highest BCUT2D eigenvalue weighted by molar-refractivity contribution is 6.38. The normalized spacial score (nSPS) is 16.1. The maximum absolute atomic E-state index is 14.0. The van der Waals surface area contributed by atoms with Crippen molar-refractivity contribution in [3.8, 4) is 11.5 Å². The van der Waals surface area contributed by atoms with E-state index in [4.69, 9.17) is 18.9 Å². The first kappa shape index (κ1) is 63.3. The van der Waals surface area contributed by atoms with Crippen LogP contribution in [0.2, 0.25) is 0 Å². The molecule has 2 fully saturated rings. The van der Waals surface area contributed by atoms with Gasteiger partial charge < -0.3 is 39.4 Å². The number of benzene rings is 2. The molecule has 0 spiro atoms. The van der Waals surface area contributed by atoms with Crippen molar-refractivity contribution in [2.45, 2.75) is 157 Å².